The molecule has 1 fully saturated rings. The second-order valence-electron chi connectivity index (χ2n) is 4.45. The molecule has 1 aliphatic rings. The third kappa shape index (κ3) is 3.20. The number of likely N-dealkylation sites (tertiary alicyclic amines) is 1. The van der Waals surface area contributed by atoms with Crippen LogP contribution in [0.2, 0.25) is 5.02 Å². The van der Waals surface area contributed by atoms with Gasteiger partial charge >= 0.3 is 0 Å². The van der Waals surface area contributed by atoms with Gasteiger partial charge in [-0.3, -0.25) is 4.79 Å². The first kappa shape index (κ1) is 12.4. The average molecular weight is 253 g/mol. The van der Waals surface area contributed by atoms with Crippen molar-refractivity contribution in [1.29, 1.82) is 0 Å². The first-order valence-electron chi connectivity index (χ1n) is 5.95. The van der Waals surface area contributed by atoms with Gasteiger partial charge in [0.15, 0.2) is 0 Å². The van der Waals surface area contributed by atoms with Crippen LogP contribution >= 0.6 is 11.6 Å². The van der Waals surface area contributed by atoms with Crippen molar-refractivity contribution in [2.24, 2.45) is 5.73 Å². The molecule has 1 aliphatic heterocycles. The lowest BCUT2D eigenvalue weighted by Gasteiger charge is -2.30. The normalized spacial score (nSPS) is 20.7. The number of hydrogen-bond donors (Lipinski definition) is 1. The van der Waals surface area contributed by atoms with Gasteiger partial charge < -0.3 is 10.6 Å². The van der Waals surface area contributed by atoms with Gasteiger partial charge in [-0.15, -0.1) is 0 Å². The van der Waals surface area contributed by atoms with Gasteiger partial charge in [0.25, 0.3) is 0 Å². The van der Waals surface area contributed by atoms with E-state index in [-0.39, 0.29) is 11.9 Å². The number of piperidine rings is 1. The number of halogens is 1. The lowest BCUT2D eigenvalue weighted by Crippen LogP contribution is -2.48. The van der Waals surface area contributed by atoms with E-state index in [1.165, 1.54) is 5.56 Å². The van der Waals surface area contributed by atoms with Gasteiger partial charge in [-0.05, 0) is 37.0 Å². The summed E-state index contributed by atoms with van der Waals surface area (Å²) >= 11 is 5.82. The quantitative estimate of drug-likeness (QED) is 0.892. The predicted molar refractivity (Wildman–Crippen MR) is 68.9 cm³/mol. The fourth-order valence-corrected chi connectivity index (χ4v) is 2.23. The van der Waals surface area contributed by atoms with Crippen molar-refractivity contribution in [2.75, 3.05) is 13.1 Å². The third-order valence-electron chi connectivity index (χ3n) is 3.16. The Bertz CT molecular complexity index is 391. The van der Waals surface area contributed by atoms with E-state index in [0.29, 0.717) is 0 Å². The van der Waals surface area contributed by atoms with E-state index in [1.807, 2.05) is 29.2 Å². The van der Waals surface area contributed by atoms with E-state index in [4.69, 9.17) is 17.3 Å². The van der Waals surface area contributed by atoms with Gasteiger partial charge in [0.05, 0.1) is 6.04 Å². The highest BCUT2D eigenvalue weighted by Gasteiger charge is 2.24. The topological polar surface area (TPSA) is 46.3 Å². The summed E-state index contributed by atoms with van der Waals surface area (Å²) in [6.45, 7) is 1.58. The highest BCUT2D eigenvalue weighted by atomic mass is 35.5. The molecule has 1 atom stereocenters. The molecule has 1 aromatic carbocycles. The molecule has 4 heteroatoms. The highest BCUT2D eigenvalue weighted by Crippen LogP contribution is 2.13. The first-order valence-corrected chi connectivity index (χ1v) is 6.33. The largest absolute Gasteiger partial charge is 0.341 e. The predicted octanol–water partition coefficient (Wildman–Crippen LogP) is 1.83. The van der Waals surface area contributed by atoms with Crippen LogP contribution < -0.4 is 5.73 Å². The van der Waals surface area contributed by atoms with Crippen LogP contribution in [0.15, 0.2) is 24.3 Å². The smallest absolute Gasteiger partial charge is 0.239 e. The molecule has 2 N–H and O–H groups in total. The number of rotatable bonds is 3. The molecule has 0 aromatic heterocycles. The van der Waals surface area contributed by atoms with Crippen LogP contribution in [0.1, 0.15) is 18.4 Å². The molecule has 1 saturated heterocycles. The fraction of sp³-hybridized carbons (Fsp3) is 0.462. The Balaban J connectivity index is 1.89. The zero-order valence-corrected chi connectivity index (χ0v) is 10.5. The second-order valence-corrected chi connectivity index (χ2v) is 4.89. The maximum atomic E-state index is 11.8. The molecule has 17 heavy (non-hydrogen) atoms. The first-order chi connectivity index (χ1) is 8.16. The number of amides is 1. The Morgan fingerprint density at radius 1 is 1.35 bits per heavy atom. The maximum absolute atomic E-state index is 11.8. The Hall–Kier alpha value is -1.06. The minimum absolute atomic E-state index is 0.0882. The molecule has 0 saturated carbocycles. The molecule has 1 aromatic rings. The second kappa shape index (κ2) is 5.52. The van der Waals surface area contributed by atoms with Crippen LogP contribution in [-0.2, 0) is 11.2 Å². The van der Waals surface area contributed by atoms with Gasteiger partial charge in [0, 0.05) is 18.1 Å². The minimum Gasteiger partial charge on any atom is -0.341 e. The van der Waals surface area contributed by atoms with Gasteiger partial charge in [0.1, 0.15) is 0 Å². The number of hydrogen-bond acceptors (Lipinski definition) is 2. The van der Waals surface area contributed by atoms with Crippen molar-refractivity contribution in [3.8, 4) is 0 Å². The van der Waals surface area contributed by atoms with Crippen molar-refractivity contribution < 1.29 is 4.79 Å². The summed E-state index contributed by atoms with van der Waals surface area (Å²) in [6.07, 6.45) is 2.68. The van der Waals surface area contributed by atoms with Gasteiger partial charge in [-0.1, -0.05) is 23.7 Å². The molecule has 0 spiro atoms. The Morgan fingerprint density at radius 2 is 2.06 bits per heavy atom. The zero-order valence-electron chi connectivity index (χ0n) is 9.73. The van der Waals surface area contributed by atoms with Crippen LogP contribution in [0.25, 0.3) is 0 Å². The Labute approximate surface area is 107 Å². The SMILES string of the molecule is NC1CCCN(CCc2ccc(Cl)cc2)C1=O. The number of carbonyl (C=O) groups excluding carboxylic acids is 1. The Kier molecular flexibility index (Phi) is 4.02. The van der Waals surface area contributed by atoms with Crippen molar-refractivity contribution in [3.63, 3.8) is 0 Å². The van der Waals surface area contributed by atoms with Gasteiger partial charge in [-0.2, -0.15) is 0 Å². The van der Waals surface area contributed by atoms with Crippen LogP contribution in [0, 0.1) is 0 Å². The third-order valence-corrected chi connectivity index (χ3v) is 3.41. The number of benzene rings is 1. The van der Waals surface area contributed by atoms with E-state index >= 15 is 0 Å². The van der Waals surface area contributed by atoms with Crippen molar-refractivity contribution >= 4 is 17.5 Å². The molecule has 3 nitrogen and oxygen atoms in total. The van der Waals surface area contributed by atoms with E-state index < -0.39 is 0 Å². The molecule has 2 rings (SSSR count). The van der Waals surface area contributed by atoms with Crippen molar-refractivity contribution in [1.82, 2.24) is 4.90 Å². The van der Waals surface area contributed by atoms with Crippen LogP contribution in [-0.4, -0.2) is 29.9 Å². The molecule has 92 valence electrons. The molecule has 0 radical (unpaired) electrons. The van der Waals surface area contributed by atoms with Crippen molar-refractivity contribution in [3.05, 3.63) is 34.9 Å². The van der Waals surface area contributed by atoms with Crippen molar-refractivity contribution in [2.45, 2.75) is 25.3 Å². The summed E-state index contributed by atoms with van der Waals surface area (Å²) in [7, 11) is 0. The van der Waals surface area contributed by atoms with Crippen LogP contribution in [0.4, 0.5) is 0 Å². The number of nitrogens with zero attached hydrogens (tertiary/aromatic N) is 1. The number of carbonyl (C=O) groups is 1. The lowest BCUT2D eigenvalue weighted by atomic mass is 10.0. The summed E-state index contributed by atoms with van der Waals surface area (Å²) in [4.78, 5) is 13.6. The van der Waals surface area contributed by atoms with Gasteiger partial charge in [-0.25, -0.2) is 0 Å². The van der Waals surface area contributed by atoms with Crippen LogP contribution in [0.3, 0.4) is 0 Å². The van der Waals surface area contributed by atoms with Crippen LogP contribution in [0.5, 0.6) is 0 Å². The maximum Gasteiger partial charge on any atom is 0.239 e. The van der Waals surface area contributed by atoms with Gasteiger partial charge in [0.2, 0.25) is 5.91 Å². The fourth-order valence-electron chi connectivity index (χ4n) is 2.11. The summed E-state index contributed by atoms with van der Waals surface area (Å²) in [5, 5.41) is 0.741. The van der Waals surface area contributed by atoms with E-state index in [2.05, 4.69) is 0 Å². The van der Waals surface area contributed by atoms with E-state index in [9.17, 15) is 4.79 Å². The molecular formula is C13H17ClN2O. The van der Waals surface area contributed by atoms with E-state index in [0.717, 1.165) is 37.4 Å². The summed E-state index contributed by atoms with van der Waals surface area (Å²) in [6, 6.07) is 7.45. The molecule has 0 bridgehead atoms. The Morgan fingerprint density at radius 3 is 2.76 bits per heavy atom. The lowest BCUT2D eigenvalue weighted by molar-refractivity contribution is -0.134. The molecule has 1 heterocycles. The highest BCUT2D eigenvalue weighted by molar-refractivity contribution is 6.30. The molecular weight excluding hydrogens is 236 g/mol. The zero-order chi connectivity index (χ0) is 12.3. The average Bonchev–Trinajstić information content (AvgIpc) is 2.33. The van der Waals surface area contributed by atoms with E-state index in [1.54, 1.807) is 0 Å². The molecule has 1 unspecified atom stereocenters. The molecule has 1 amide bonds. The minimum atomic E-state index is -0.297. The molecule has 0 aliphatic carbocycles. The summed E-state index contributed by atoms with van der Waals surface area (Å²) in [5.41, 5.74) is 6.94. The monoisotopic (exact) mass is 252 g/mol. The standard InChI is InChI=1S/C13H17ClN2O/c14-11-5-3-10(4-6-11)7-9-16-8-1-2-12(15)13(16)17/h3-6,12H,1-2,7-9,15H2. The summed E-state index contributed by atoms with van der Waals surface area (Å²) in [5.74, 6) is 0.0882. The number of nitrogens with two attached hydrogens (primary N) is 1. The summed E-state index contributed by atoms with van der Waals surface area (Å²) < 4.78 is 0.